The van der Waals surface area contributed by atoms with Gasteiger partial charge in [-0.1, -0.05) is 44.9 Å². The second-order valence-corrected chi connectivity index (χ2v) is 13.2. The minimum atomic E-state index is -4.57. The van der Waals surface area contributed by atoms with Gasteiger partial charge in [0.2, 0.25) is 0 Å². The highest BCUT2D eigenvalue weighted by Gasteiger charge is 2.37. The molecule has 0 unspecified atom stereocenters. The lowest BCUT2D eigenvalue weighted by Crippen LogP contribution is -2.36. The molecule has 5 nitrogen and oxygen atoms in total. The summed E-state index contributed by atoms with van der Waals surface area (Å²) in [5.74, 6) is 1.09. The number of benzene rings is 1. The highest BCUT2D eigenvalue weighted by Crippen LogP contribution is 2.36. The number of allylic oxidation sites excluding steroid dienone is 6. The lowest BCUT2D eigenvalue weighted by molar-refractivity contribution is -0.0933. The quantitative estimate of drug-likeness (QED) is 0.180. The second-order valence-electron chi connectivity index (χ2n) is 12.0. The van der Waals surface area contributed by atoms with Gasteiger partial charge in [-0.05, 0) is 106 Å². The van der Waals surface area contributed by atoms with Crippen molar-refractivity contribution in [1.82, 2.24) is 9.88 Å². The van der Waals surface area contributed by atoms with E-state index in [0.717, 1.165) is 56.2 Å². The maximum Gasteiger partial charge on any atom is 0.433 e. The molecule has 0 saturated carbocycles. The van der Waals surface area contributed by atoms with Crippen LogP contribution in [0.15, 0.2) is 51.2 Å². The Labute approximate surface area is 265 Å². The first-order valence-corrected chi connectivity index (χ1v) is 16.1. The highest BCUT2D eigenvalue weighted by atomic mass is 32.1. The van der Waals surface area contributed by atoms with E-state index in [0.29, 0.717) is 30.7 Å². The van der Waals surface area contributed by atoms with Gasteiger partial charge < -0.3 is 15.4 Å². The third-order valence-corrected chi connectivity index (χ3v) is 8.65. The van der Waals surface area contributed by atoms with Gasteiger partial charge in [0.25, 0.3) is 0 Å². The fourth-order valence-corrected chi connectivity index (χ4v) is 6.05. The molecule has 3 rings (SSSR count). The molecule has 0 fully saturated rings. The van der Waals surface area contributed by atoms with Crippen molar-refractivity contribution in [3.8, 4) is 5.75 Å². The van der Waals surface area contributed by atoms with Gasteiger partial charge in [-0.15, -0.1) is 11.3 Å². The topological polar surface area (TPSA) is 63.7 Å². The Hall–Kier alpha value is -3.33. The number of aryl methyl sites for hydroxylation is 2. The number of hydrogen-bond donors (Lipinski definition) is 1. The first-order valence-electron chi connectivity index (χ1n) is 15.2. The predicted molar refractivity (Wildman–Crippen MR) is 180 cm³/mol. The number of hydrogen-bond acceptors (Lipinski definition) is 5. The van der Waals surface area contributed by atoms with Crippen LogP contribution in [0.25, 0.3) is 11.6 Å². The normalized spacial score (nSPS) is 15.6. The molecule has 44 heavy (non-hydrogen) atoms. The van der Waals surface area contributed by atoms with Crippen LogP contribution in [0.1, 0.15) is 95.5 Å². The van der Waals surface area contributed by atoms with Crippen molar-refractivity contribution < 1.29 is 17.9 Å². The number of nitrogens with zero attached hydrogens (tertiary/aromatic N) is 3. The minimum absolute atomic E-state index is 0.0302. The zero-order chi connectivity index (χ0) is 32.9. The SMILES string of the molecule is CCC(C)=CC(=Cc1nc(N)sc1C)c1cc(C)c2c(c1)CN(C(=NC(=C(C)CC)C(F)(F)F)C(=C(C)C)C(C)C)CCO2. The van der Waals surface area contributed by atoms with Crippen molar-refractivity contribution in [2.24, 2.45) is 10.9 Å². The maximum atomic E-state index is 14.4. The lowest BCUT2D eigenvalue weighted by Gasteiger charge is -2.29. The summed E-state index contributed by atoms with van der Waals surface area (Å²) in [6.07, 6.45) is 0.795. The van der Waals surface area contributed by atoms with Crippen LogP contribution in [0.2, 0.25) is 0 Å². The summed E-state index contributed by atoms with van der Waals surface area (Å²) < 4.78 is 49.3. The van der Waals surface area contributed by atoms with Gasteiger partial charge in [-0.2, -0.15) is 13.2 Å². The van der Waals surface area contributed by atoms with Gasteiger partial charge in [0.15, 0.2) is 5.13 Å². The first kappa shape index (κ1) is 35.2. The molecule has 1 aliphatic rings. The van der Waals surface area contributed by atoms with E-state index in [-0.39, 0.29) is 17.9 Å². The molecule has 0 amide bonds. The number of anilines is 1. The number of ether oxygens (including phenoxy) is 1. The number of alkyl halides is 3. The average molecular weight is 629 g/mol. The van der Waals surface area contributed by atoms with Crippen molar-refractivity contribution in [3.05, 3.63) is 73.5 Å². The molecule has 1 aliphatic heterocycles. The number of halogens is 3. The number of nitrogens with two attached hydrogens (primary N) is 1. The molecule has 2 heterocycles. The zero-order valence-corrected chi connectivity index (χ0v) is 28.6. The van der Waals surface area contributed by atoms with E-state index >= 15 is 0 Å². The Morgan fingerprint density at radius 2 is 1.82 bits per heavy atom. The van der Waals surface area contributed by atoms with Crippen LogP contribution < -0.4 is 10.5 Å². The molecule has 2 N–H and O–H groups in total. The molecule has 1 aromatic heterocycles. The molecule has 9 heteroatoms. The largest absolute Gasteiger partial charge is 0.491 e. The Kier molecular flexibility index (Phi) is 11.7. The molecule has 1 aromatic carbocycles. The molecule has 0 saturated heterocycles. The molecular formula is C35H47F3N4OS. The first-order chi connectivity index (χ1) is 20.6. The summed E-state index contributed by atoms with van der Waals surface area (Å²) in [5.41, 5.74) is 13.0. The monoisotopic (exact) mass is 628 g/mol. The van der Waals surface area contributed by atoms with Gasteiger partial charge in [-0.3, -0.25) is 0 Å². The molecule has 0 atom stereocenters. The molecule has 0 aliphatic carbocycles. The van der Waals surface area contributed by atoms with Crippen molar-refractivity contribution >= 4 is 34.0 Å². The summed E-state index contributed by atoms with van der Waals surface area (Å²) in [6.45, 7) is 20.4. The fraction of sp³-hybridized carbons (Fsp3) is 0.486. The van der Waals surface area contributed by atoms with Crippen LogP contribution >= 0.6 is 11.3 Å². The van der Waals surface area contributed by atoms with E-state index in [4.69, 9.17) is 10.5 Å². The maximum absolute atomic E-state index is 14.4. The van der Waals surface area contributed by atoms with Gasteiger partial charge >= 0.3 is 6.18 Å². The van der Waals surface area contributed by atoms with E-state index in [9.17, 15) is 13.2 Å². The summed E-state index contributed by atoms with van der Waals surface area (Å²) in [5, 5.41) is 0.518. The van der Waals surface area contributed by atoms with E-state index in [1.165, 1.54) is 23.8 Å². The molecule has 0 spiro atoms. The standard InChI is InChI=1S/C35H47F3N4OS/c1-11-22(7)15-26(18-29-25(10)44-34(39)40-29)27-16-24(9)31-28(17-27)19-42(13-14-43-31)33(30(20(3)4)21(5)6)41-32(23(8)12-2)35(36,37)38/h15-18,20H,11-14,19H2,1-10H3,(H2,39,40). The zero-order valence-electron chi connectivity index (χ0n) is 27.8. The van der Waals surface area contributed by atoms with Gasteiger partial charge in [0.1, 0.15) is 23.9 Å². The predicted octanol–water partition coefficient (Wildman–Crippen LogP) is 10.1. The highest BCUT2D eigenvalue weighted by molar-refractivity contribution is 7.15. The van der Waals surface area contributed by atoms with Crippen LogP contribution in [-0.2, 0) is 6.54 Å². The Balaban J connectivity index is 2.26. The van der Waals surface area contributed by atoms with Gasteiger partial charge in [0.05, 0.1) is 12.2 Å². The third-order valence-electron chi connectivity index (χ3n) is 7.83. The summed E-state index contributed by atoms with van der Waals surface area (Å²) in [7, 11) is 0. The lowest BCUT2D eigenvalue weighted by atomic mass is 9.94. The van der Waals surface area contributed by atoms with Crippen LogP contribution in [0.5, 0.6) is 5.75 Å². The molecular weight excluding hydrogens is 581 g/mol. The average Bonchev–Trinajstić information content (AvgIpc) is 3.10. The van der Waals surface area contributed by atoms with Crippen LogP contribution in [0, 0.1) is 19.8 Å². The van der Waals surface area contributed by atoms with E-state index in [1.54, 1.807) is 6.92 Å². The number of aliphatic imine (C=N–C) groups is 1. The fourth-order valence-electron chi connectivity index (χ4n) is 5.38. The molecule has 240 valence electrons. The number of aromatic nitrogens is 1. The van der Waals surface area contributed by atoms with E-state index in [2.05, 4.69) is 48.1 Å². The van der Waals surface area contributed by atoms with Crippen molar-refractivity contribution in [3.63, 3.8) is 0 Å². The smallest absolute Gasteiger partial charge is 0.433 e. The van der Waals surface area contributed by atoms with Gasteiger partial charge in [-0.25, -0.2) is 9.98 Å². The van der Waals surface area contributed by atoms with Crippen LogP contribution in [-0.4, -0.2) is 35.0 Å². The van der Waals surface area contributed by atoms with E-state index < -0.39 is 11.9 Å². The van der Waals surface area contributed by atoms with E-state index in [1.807, 2.05) is 46.4 Å². The number of fused-ring (bicyclic) bond motifs is 1. The van der Waals surface area contributed by atoms with Gasteiger partial charge in [0, 0.05) is 17.0 Å². The third kappa shape index (κ3) is 8.43. The number of thiazole rings is 1. The van der Waals surface area contributed by atoms with Crippen molar-refractivity contribution in [2.45, 2.75) is 94.8 Å². The molecule has 2 aromatic rings. The molecule has 0 radical (unpaired) electrons. The number of nitrogen functional groups attached to an aromatic ring is 1. The van der Waals surface area contributed by atoms with Crippen LogP contribution in [0.4, 0.5) is 18.3 Å². The second kappa shape index (κ2) is 14.6. The summed E-state index contributed by atoms with van der Waals surface area (Å²) >= 11 is 1.45. The Bertz CT molecular complexity index is 1520. The van der Waals surface area contributed by atoms with Crippen molar-refractivity contribution in [2.75, 3.05) is 18.9 Å². The number of amidine groups is 1. The number of rotatable bonds is 8. The van der Waals surface area contributed by atoms with Crippen molar-refractivity contribution in [1.29, 1.82) is 0 Å². The Morgan fingerprint density at radius 3 is 2.34 bits per heavy atom. The minimum Gasteiger partial charge on any atom is -0.491 e. The summed E-state index contributed by atoms with van der Waals surface area (Å²) in [4.78, 5) is 12.0. The van der Waals surface area contributed by atoms with Crippen LogP contribution in [0.3, 0.4) is 0 Å². The Morgan fingerprint density at radius 1 is 1.14 bits per heavy atom. The molecule has 0 bridgehead atoms. The summed E-state index contributed by atoms with van der Waals surface area (Å²) in [6, 6.07) is 4.19.